The summed E-state index contributed by atoms with van der Waals surface area (Å²) in [7, 11) is 0. The number of fused-ring (bicyclic) bond motifs is 1. The molecule has 7 heteroatoms. The number of rotatable bonds is 7. The van der Waals surface area contributed by atoms with Crippen LogP contribution in [0.1, 0.15) is 35.8 Å². The first-order valence-electron chi connectivity index (χ1n) is 9.61. The molecule has 0 unspecified atom stereocenters. The average molecular weight is 407 g/mol. The summed E-state index contributed by atoms with van der Waals surface area (Å²) in [6.07, 6.45) is 2.05. The first-order valence-corrected chi connectivity index (χ1v) is 10.4. The van der Waals surface area contributed by atoms with E-state index in [0.717, 1.165) is 28.8 Å². The lowest BCUT2D eigenvalue weighted by Crippen LogP contribution is -2.15. The monoisotopic (exact) mass is 406 g/mol. The topological polar surface area (TPSA) is 69.0 Å². The first kappa shape index (κ1) is 19.1. The molecule has 6 nitrogen and oxygen atoms in total. The van der Waals surface area contributed by atoms with Gasteiger partial charge in [0.05, 0.1) is 22.5 Å². The zero-order valence-electron chi connectivity index (χ0n) is 16.4. The molecule has 2 aromatic carbocycles. The van der Waals surface area contributed by atoms with Crippen LogP contribution < -0.4 is 10.1 Å². The van der Waals surface area contributed by atoms with Crippen molar-refractivity contribution in [2.45, 2.75) is 26.7 Å². The predicted octanol–water partition coefficient (Wildman–Crippen LogP) is 5.22. The van der Waals surface area contributed by atoms with Crippen molar-refractivity contribution in [1.29, 1.82) is 0 Å². The fraction of sp³-hybridized carbons (Fsp3) is 0.227. The SMILES string of the molecule is CCCCOc1cccc(C(=O)Nc2cc(C)nn2-c2nc3ccccc3s2)c1. The molecule has 0 atom stereocenters. The first-order chi connectivity index (χ1) is 14.1. The molecule has 0 aliphatic heterocycles. The second-order valence-corrected chi connectivity index (χ2v) is 7.74. The van der Waals surface area contributed by atoms with Crippen molar-refractivity contribution in [3.05, 3.63) is 65.9 Å². The molecule has 0 bridgehead atoms. The minimum Gasteiger partial charge on any atom is -0.494 e. The van der Waals surface area contributed by atoms with Gasteiger partial charge in [0.2, 0.25) is 5.13 Å². The second-order valence-electron chi connectivity index (χ2n) is 6.73. The number of nitrogens with zero attached hydrogens (tertiary/aromatic N) is 3. The Morgan fingerprint density at radius 3 is 2.86 bits per heavy atom. The lowest BCUT2D eigenvalue weighted by Gasteiger charge is -2.09. The van der Waals surface area contributed by atoms with Gasteiger partial charge in [0.15, 0.2) is 0 Å². The third-order valence-corrected chi connectivity index (χ3v) is 5.41. The van der Waals surface area contributed by atoms with Gasteiger partial charge in [-0.2, -0.15) is 9.78 Å². The van der Waals surface area contributed by atoms with Gasteiger partial charge in [-0.3, -0.25) is 4.79 Å². The van der Waals surface area contributed by atoms with Crippen LogP contribution in [0.25, 0.3) is 15.3 Å². The summed E-state index contributed by atoms with van der Waals surface area (Å²) in [6, 6.07) is 17.0. The molecule has 0 aliphatic carbocycles. The number of carbonyl (C=O) groups is 1. The van der Waals surface area contributed by atoms with E-state index in [1.165, 1.54) is 11.3 Å². The number of ether oxygens (including phenoxy) is 1. The molecule has 0 saturated carbocycles. The van der Waals surface area contributed by atoms with Gasteiger partial charge in [-0.1, -0.05) is 42.9 Å². The molecule has 0 radical (unpaired) electrons. The van der Waals surface area contributed by atoms with Crippen LogP contribution >= 0.6 is 11.3 Å². The smallest absolute Gasteiger partial charge is 0.256 e. The fourth-order valence-electron chi connectivity index (χ4n) is 2.93. The molecule has 4 aromatic rings. The molecule has 1 amide bonds. The fourth-order valence-corrected chi connectivity index (χ4v) is 3.87. The highest BCUT2D eigenvalue weighted by Crippen LogP contribution is 2.27. The average Bonchev–Trinajstić information content (AvgIpc) is 3.31. The number of hydrogen-bond acceptors (Lipinski definition) is 5. The Morgan fingerprint density at radius 1 is 1.17 bits per heavy atom. The molecule has 148 valence electrons. The highest BCUT2D eigenvalue weighted by Gasteiger charge is 2.15. The summed E-state index contributed by atoms with van der Waals surface area (Å²) >= 11 is 1.53. The van der Waals surface area contributed by atoms with Gasteiger partial charge in [0, 0.05) is 11.6 Å². The van der Waals surface area contributed by atoms with E-state index >= 15 is 0 Å². The molecule has 2 heterocycles. The predicted molar refractivity (Wildman–Crippen MR) is 116 cm³/mol. The Hall–Kier alpha value is -3.19. The zero-order chi connectivity index (χ0) is 20.2. The summed E-state index contributed by atoms with van der Waals surface area (Å²) in [5.74, 6) is 1.07. The zero-order valence-corrected chi connectivity index (χ0v) is 17.2. The number of amides is 1. The quantitative estimate of drug-likeness (QED) is 0.427. The molecule has 29 heavy (non-hydrogen) atoms. The molecule has 0 aliphatic rings. The summed E-state index contributed by atoms with van der Waals surface area (Å²) in [5, 5.41) is 8.19. The van der Waals surface area contributed by atoms with Crippen molar-refractivity contribution in [2.75, 3.05) is 11.9 Å². The van der Waals surface area contributed by atoms with E-state index in [0.29, 0.717) is 28.9 Å². The Balaban J connectivity index is 1.57. The summed E-state index contributed by atoms with van der Waals surface area (Å²) in [6.45, 7) is 4.65. The van der Waals surface area contributed by atoms with Crippen LogP contribution in [0, 0.1) is 6.92 Å². The van der Waals surface area contributed by atoms with Crippen molar-refractivity contribution in [3.63, 3.8) is 0 Å². The van der Waals surface area contributed by atoms with Gasteiger partial charge in [-0.05, 0) is 43.7 Å². The summed E-state index contributed by atoms with van der Waals surface area (Å²) in [5.41, 5.74) is 2.25. The van der Waals surface area contributed by atoms with E-state index < -0.39 is 0 Å². The normalized spacial score (nSPS) is 11.0. The van der Waals surface area contributed by atoms with Crippen LogP contribution in [-0.2, 0) is 0 Å². The third-order valence-electron chi connectivity index (χ3n) is 4.40. The number of aryl methyl sites for hydroxylation is 1. The maximum atomic E-state index is 12.8. The van der Waals surface area contributed by atoms with Gasteiger partial charge in [0.1, 0.15) is 11.6 Å². The number of para-hydroxylation sites is 1. The minimum atomic E-state index is -0.215. The van der Waals surface area contributed by atoms with E-state index in [9.17, 15) is 4.79 Å². The Kier molecular flexibility index (Phi) is 5.57. The van der Waals surface area contributed by atoms with E-state index in [1.807, 2.05) is 49.4 Å². The lowest BCUT2D eigenvalue weighted by atomic mass is 10.2. The van der Waals surface area contributed by atoms with Crippen LogP contribution in [0.15, 0.2) is 54.6 Å². The second kappa shape index (κ2) is 8.45. The van der Waals surface area contributed by atoms with Crippen molar-refractivity contribution >= 4 is 33.3 Å². The number of benzene rings is 2. The number of carbonyl (C=O) groups excluding carboxylic acids is 1. The molecular weight excluding hydrogens is 384 g/mol. The number of nitrogens with one attached hydrogen (secondary N) is 1. The van der Waals surface area contributed by atoms with Gasteiger partial charge >= 0.3 is 0 Å². The molecule has 0 fully saturated rings. The van der Waals surface area contributed by atoms with E-state index in [4.69, 9.17) is 4.74 Å². The molecule has 2 aromatic heterocycles. The van der Waals surface area contributed by atoms with Crippen LogP contribution in [0.2, 0.25) is 0 Å². The number of thiazole rings is 1. The summed E-state index contributed by atoms with van der Waals surface area (Å²) in [4.78, 5) is 17.5. The number of aromatic nitrogens is 3. The van der Waals surface area contributed by atoms with E-state index in [2.05, 4.69) is 22.3 Å². The van der Waals surface area contributed by atoms with Crippen molar-refractivity contribution in [2.24, 2.45) is 0 Å². The Bertz CT molecular complexity index is 1120. The Labute approximate surface area is 173 Å². The summed E-state index contributed by atoms with van der Waals surface area (Å²) < 4.78 is 8.47. The molecule has 0 spiro atoms. The minimum absolute atomic E-state index is 0.215. The molecule has 0 saturated heterocycles. The number of anilines is 1. The number of hydrogen-bond donors (Lipinski definition) is 1. The largest absolute Gasteiger partial charge is 0.494 e. The van der Waals surface area contributed by atoms with Crippen molar-refractivity contribution in [3.8, 4) is 10.9 Å². The van der Waals surface area contributed by atoms with Crippen molar-refractivity contribution in [1.82, 2.24) is 14.8 Å². The van der Waals surface area contributed by atoms with Crippen molar-refractivity contribution < 1.29 is 9.53 Å². The van der Waals surface area contributed by atoms with Gasteiger partial charge in [0.25, 0.3) is 5.91 Å². The van der Waals surface area contributed by atoms with Crippen LogP contribution in [0.5, 0.6) is 5.75 Å². The van der Waals surface area contributed by atoms with Crippen LogP contribution in [0.3, 0.4) is 0 Å². The molecule has 4 rings (SSSR count). The lowest BCUT2D eigenvalue weighted by molar-refractivity contribution is 0.102. The standard InChI is InChI=1S/C22H22N4O2S/c1-3-4-12-28-17-9-7-8-16(14-17)21(27)24-20-13-15(2)25-26(20)22-23-18-10-5-6-11-19(18)29-22/h5-11,13-14H,3-4,12H2,1-2H3,(H,24,27). The highest BCUT2D eigenvalue weighted by molar-refractivity contribution is 7.20. The van der Waals surface area contributed by atoms with E-state index in [-0.39, 0.29) is 5.91 Å². The van der Waals surface area contributed by atoms with Gasteiger partial charge in [-0.25, -0.2) is 4.98 Å². The maximum absolute atomic E-state index is 12.8. The van der Waals surface area contributed by atoms with Crippen LogP contribution in [0.4, 0.5) is 5.82 Å². The molecule has 1 N–H and O–H groups in total. The highest BCUT2D eigenvalue weighted by atomic mass is 32.1. The third kappa shape index (κ3) is 4.30. The van der Waals surface area contributed by atoms with Gasteiger partial charge < -0.3 is 10.1 Å². The molecular formula is C22H22N4O2S. The van der Waals surface area contributed by atoms with Crippen LogP contribution in [-0.4, -0.2) is 27.3 Å². The maximum Gasteiger partial charge on any atom is 0.256 e. The Morgan fingerprint density at radius 2 is 2.03 bits per heavy atom. The number of unbranched alkanes of at least 4 members (excludes halogenated alkanes) is 1. The van der Waals surface area contributed by atoms with Gasteiger partial charge in [-0.15, -0.1) is 0 Å². The van der Waals surface area contributed by atoms with E-state index in [1.54, 1.807) is 16.8 Å².